The minimum absolute atomic E-state index is 0.0991. The number of hydrogen-bond acceptors (Lipinski definition) is 1. The maximum atomic E-state index is 9.67. The van der Waals surface area contributed by atoms with Gasteiger partial charge in [-0.3, -0.25) is 0 Å². The highest BCUT2D eigenvalue weighted by atomic mass is 16.3. The highest BCUT2D eigenvalue weighted by molar-refractivity contribution is 4.98. The summed E-state index contributed by atoms with van der Waals surface area (Å²) in [6, 6.07) is 0. The molecule has 13 heavy (non-hydrogen) atoms. The Morgan fingerprint density at radius 2 is 2.08 bits per heavy atom. The molecule has 1 unspecified atom stereocenters. The predicted octanol–water partition coefficient (Wildman–Crippen LogP) is 3.14. The van der Waals surface area contributed by atoms with Gasteiger partial charge in [0.25, 0.3) is 0 Å². The summed E-state index contributed by atoms with van der Waals surface area (Å²) in [6.45, 7) is 10.7. The minimum atomic E-state index is -0.0991. The van der Waals surface area contributed by atoms with Crippen molar-refractivity contribution in [1.29, 1.82) is 0 Å². The third kappa shape index (κ3) is 1.96. The standard InChI is InChI=1S/C12H22O/c1-5-7-12(4)9-10(13)6-8-11(12,2)3/h5,10,13H,1,6-9H2,2-4H3/t10?,12-/m1/s1. The molecule has 0 amide bonds. The molecule has 0 spiro atoms. The first kappa shape index (κ1) is 10.8. The average Bonchev–Trinajstić information content (AvgIpc) is 1.99. The van der Waals surface area contributed by atoms with Gasteiger partial charge in [-0.2, -0.15) is 0 Å². The van der Waals surface area contributed by atoms with Crippen LogP contribution in [0.3, 0.4) is 0 Å². The molecule has 0 radical (unpaired) electrons. The van der Waals surface area contributed by atoms with Gasteiger partial charge in [-0.1, -0.05) is 26.8 Å². The van der Waals surface area contributed by atoms with E-state index in [1.807, 2.05) is 6.08 Å². The topological polar surface area (TPSA) is 20.2 Å². The summed E-state index contributed by atoms with van der Waals surface area (Å²) in [6.07, 6.45) is 5.90. The lowest BCUT2D eigenvalue weighted by Crippen LogP contribution is -2.42. The number of aliphatic hydroxyl groups is 1. The van der Waals surface area contributed by atoms with Gasteiger partial charge in [0.1, 0.15) is 0 Å². The van der Waals surface area contributed by atoms with Gasteiger partial charge >= 0.3 is 0 Å². The first-order valence-electron chi connectivity index (χ1n) is 5.20. The Kier molecular flexibility index (Phi) is 2.86. The van der Waals surface area contributed by atoms with Crippen LogP contribution in [0.2, 0.25) is 0 Å². The van der Waals surface area contributed by atoms with Crippen LogP contribution < -0.4 is 0 Å². The van der Waals surface area contributed by atoms with Gasteiger partial charge in [0, 0.05) is 0 Å². The lowest BCUT2D eigenvalue weighted by atomic mass is 9.57. The lowest BCUT2D eigenvalue weighted by Gasteiger charge is -2.49. The molecule has 1 rings (SSSR count). The Balaban J connectivity index is 2.81. The molecule has 76 valence electrons. The van der Waals surface area contributed by atoms with Crippen LogP contribution >= 0.6 is 0 Å². The maximum absolute atomic E-state index is 9.67. The second kappa shape index (κ2) is 3.45. The first-order valence-corrected chi connectivity index (χ1v) is 5.20. The molecule has 0 aromatic heterocycles. The van der Waals surface area contributed by atoms with Crippen molar-refractivity contribution < 1.29 is 5.11 Å². The van der Waals surface area contributed by atoms with Crippen LogP contribution in [0.1, 0.15) is 46.5 Å². The predicted molar refractivity (Wildman–Crippen MR) is 56.6 cm³/mol. The number of aliphatic hydroxyl groups excluding tert-OH is 1. The summed E-state index contributed by atoms with van der Waals surface area (Å²) < 4.78 is 0. The van der Waals surface area contributed by atoms with E-state index < -0.39 is 0 Å². The molecule has 1 aliphatic rings. The molecule has 0 aromatic carbocycles. The maximum Gasteiger partial charge on any atom is 0.0546 e. The Labute approximate surface area is 81.9 Å². The van der Waals surface area contributed by atoms with Gasteiger partial charge in [-0.15, -0.1) is 6.58 Å². The van der Waals surface area contributed by atoms with E-state index in [1.165, 1.54) is 0 Å². The molecule has 1 fully saturated rings. The number of allylic oxidation sites excluding steroid dienone is 1. The summed E-state index contributed by atoms with van der Waals surface area (Å²) in [5.74, 6) is 0. The van der Waals surface area contributed by atoms with E-state index in [0.717, 1.165) is 25.7 Å². The van der Waals surface area contributed by atoms with Crippen LogP contribution in [0.5, 0.6) is 0 Å². The fourth-order valence-electron chi connectivity index (χ4n) is 2.41. The molecular weight excluding hydrogens is 160 g/mol. The van der Waals surface area contributed by atoms with E-state index in [4.69, 9.17) is 0 Å². The van der Waals surface area contributed by atoms with Crippen molar-refractivity contribution in [2.24, 2.45) is 10.8 Å². The smallest absolute Gasteiger partial charge is 0.0546 e. The summed E-state index contributed by atoms with van der Waals surface area (Å²) in [7, 11) is 0. The van der Waals surface area contributed by atoms with Gasteiger partial charge in [0.2, 0.25) is 0 Å². The first-order chi connectivity index (χ1) is 5.91. The fraction of sp³-hybridized carbons (Fsp3) is 0.833. The van der Waals surface area contributed by atoms with Crippen molar-refractivity contribution >= 4 is 0 Å². The van der Waals surface area contributed by atoms with E-state index in [1.54, 1.807) is 0 Å². The van der Waals surface area contributed by atoms with Gasteiger partial charge in [-0.25, -0.2) is 0 Å². The third-order valence-electron chi connectivity index (χ3n) is 4.02. The quantitative estimate of drug-likeness (QED) is 0.650. The molecule has 2 atom stereocenters. The molecular formula is C12H22O. The van der Waals surface area contributed by atoms with Crippen molar-refractivity contribution in [2.45, 2.75) is 52.6 Å². The van der Waals surface area contributed by atoms with Gasteiger partial charge < -0.3 is 5.11 Å². The molecule has 1 heteroatoms. The van der Waals surface area contributed by atoms with Gasteiger partial charge in [0.05, 0.1) is 6.10 Å². The molecule has 1 aliphatic carbocycles. The summed E-state index contributed by atoms with van der Waals surface area (Å²) in [5, 5.41) is 9.67. The minimum Gasteiger partial charge on any atom is -0.393 e. The summed E-state index contributed by atoms with van der Waals surface area (Å²) in [4.78, 5) is 0. The second-order valence-electron chi connectivity index (χ2n) is 5.33. The summed E-state index contributed by atoms with van der Waals surface area (Å²) >= 11 is 0. The van der Waals surface area contributed by atoms with Crippen LogP contribution in [0.25, 0.3) is 0 Å². The Morgan fingerprint density at radius 3 is 2.62 bits per heavy atom. The van der Waals surface area contributed by atoms with Crippen molar-refractivity contribution in [3.8, 4) is 0 Å². The second-order valence-corrected chi connectivity index (χ2v) is 5.33. The normalized spacial score (nSPS) is 38.6. The monoisotopic (exact) mass is 182 g/mol. The molecule has 1 saturated carbocycles. The van der Waals surface area contributed by atoms with E-state index in [9.17, 15) is 5.11 Å². The van der Waals surface area contributed by atoms with Crippen molar-refractivity contribution in [2.75, 3.05) is 0 Å². The molecule has 0 saturated heterocycles. The molecule has 1 nitrogen and oxygen atoms in total. The summed E-state index contributed by atoms with van der Waals surface area (Å²) in [5.41, 5.74) is 0.562. The van der Waals surface area contributed by atoms with Gasteiger partial charge in [0.15, 0.2) is 0 Å². The van der Waals surface area contributed by atoms with E-state index in [2.05, 4.69) is 27.4 Å². The third-order valence-corrected chi connectivity index (χ3v) is 4.02. The Morgan fingerprint density at radius 1 is 1.46 bits per heavy atom. The molecule has 0 aliphatic heterocycles. The molecule has 1 N–H and O–H groups in total. The van der Waals surface area contributed by atoms with Crippen molar-refractivity contribution in [3.05, 3.63) is 12.7 Å². The largest absolute Gasteiger partial charge is 0.393 e. The SMILES string of the molecule is C=CC[C@]1(C)CC(O)CCC1(C)C. The Bertz CT molecular complexity index is 195. The van der Waals surface area contributed by atoms with Crippen LogP contribution in [-0.2, 0) is 0 Å². The van der Waals surface area contributed by atoms with Gasteiger partial charge in [-0.05, 0) is 36.5 Å². The zero-order valence-electron chi connectivity index (χ0n) is 9.14. The van der Waals surface area contributed by atoms with E-state index >= 15 is 0 Å². The van der Waals surface area contributed by atoms with Crippen molar-refractivity contribution in [3.63, 3.8) is 0 Å². The van der Waals surface area contributed by atoms with E-state index in [-0.39, 0.29) is 11.5 Å². The number of hydrogen-bond donors (Lipinski definition) is 1. The van der Waals surface area contributed by atoms with Crippen LogP contribution in [-0.4, -0.2) is 11.2 Å². The molecule has 0 aromatic rings. The zero-order chi connectivity index (χ0) is 10.1. The van der Waals surface area contributed by atoms with Crippen molar-refractivity contribution in [1.82, 2.24) is 0 Å². The molecule has 0 bridgehead atoms. The molecule has 0 heterocycles. The van der Waals surface area contributed by atoms with E-state index in [0.29, 0.717) is 5.41 Å². The number of rotatable bonds is 2. The fourth-order valence-corrected chi connectivity index (χ4v) is 2.41. The van der Waals surface area contributed by atoms with Crippen LogP contribution in [0.4, 0.5) is 0 Å². The zero-order valence-corrected chi connectivity index (χ0v) is 9.14. The highest BCUT2D eigenvalue weighted by Crippen LogP contribution is 2.52. The average molecular weight is 182 g/mol. The van der Waals surface area contributed by atoms with Crippen LogP contribution in [0, 0.1) is 10.8 Å². The lowest BCUT2D eigenvalue weighted by molar-refractivity contribution is -0.0350. The Hall–Kier alpha value is -0.300. The highest BCUT2D eigenvalue weighted by Gasteiger charge is 2.44. The van der Waals surface area contributed by atoms with Crippen LogP contribution in [0.15, 0.2) is 12.7 Å².